The van der Waals surface area contributed by atoms with E-state index in [1.165, 1.54) is 40.2 Å². The van der Waals surface area contributed by atoms with Crippen LogP contribution in [0, 0.1) is 0 Å². The van der Waals surface area contributed by atoms with Crippen molar-refractivity contribution < 1.29 is 0 Å². The van der Waals surface area contributed by atoms with Crippen LogP contribution in [0.15, 0.2) is 54.6 Å². The third kappa shape index (κ3) is 3.45. The summed E-state index contributed by atoms with van der Waals surface area (Å²) >= 11 is 0. The molecule has 0 saturated carbocycles. The molecular formula is C23H27N3. The maximum Gasteiger partial charge on any atom is 0.0801 e. The van der Waals surface area contributed by atoms with Crippen LogP contribution in [0.1, 0.15) is 54.3 Å². The highest BCUT2D eigenvalue weighted by Crippen LogP contribution is 2.27. The molecule has 134 valence electrons. The molecule has 0 atom stereocenters. The van der Waals surface area contributed by atoms with E-state index in [9.17, 15) is 0 Å². The van der Waals surface area contributed by atoms with Crippen molar-refractivity contribution in [3.63, 3.8) is 0 Å². The summed E-state index contributed by atoms with van der Waals surface area (Å²) in [6.07, 6.45) is 3.53. The molecule has 3 heteroatoms. The molecule has 1 aliphatic carbocycles. The lowest BCUT2D eigenvalue weighted by atomic mass is 10.0. The van der Waals surface area contributed by atoms with E-state index in [4.69, 9.17) is 5.10 Å². The lowest BCUT2D eigenvalue weighted by molar-refractivity contribution is 0.658. The largest absolute Gasteiger partial charge is 0.307 e. The van der Waals surface area contributed by atoms with Gasteiger partial charge in [-0.2, -0.15) is 5.10 Å². The highest BCUT2D eigenvalue weighted by molar-refractivity contribution is 5.39. The summed E-state index contributed by atoms with van der Waals surface area (Å²) in [5.41, 5.74) is 7.95. The molecule has 1 N–H and O–H groups in total. The molecule has 0 radical (unpaired) electrons. The number of para-hydroxylation sites is 1. The molecule has 0 saturated heterocycles. The van der Waals surface area contributed by atoms with Gasteiger partial charge in [-0.15, -0.1) is 0 Å². The zero-order valence-electron chi connectivity index (χ0n) is 15.7. The summed E-state index contributed by atoms with van der Waals surface area (Å²) in [5, 5.41) is 8.51. The number of nitrogens with zero attached hydrogens (tertiary/aromatic N) is 2. The molecule has 1 heterocycles. The van der Waals surface area contributed by atoms with Gasteiger partial charge in [0.15, 0.2) is 0 Å². The number of hydrogen-bond acceptors (Lipinski definition) is 2. The second-order valence-corrected chi connectivity index (χ2v) is 7.47. The third-order valence-corrected chi connectivity index (χ3v) is 5.28. The van der Waals surface area contributed by atoms with E-state index < -0.39 is 0 Å². The molecule has 0 bridgehead atoms. The van der Waals surface area contributed by atoms with Crippen LogP contribution in [0.4, 0.5) is 0 Å². The molecule has 1 aliphatic rings. The molecular weight excluding hydrogens is 318 g/mol. The van der Waals surface area contributed by atoms with Crippen molar-refractivity contribution in [1.29, 1.82) is 0 Å². The van der Waals surface area contributed by atoms with Gasteiger partial charge in [-0.05, 0) is 54.0 Å². The number of hydrogen-bond donors (Lipinski definition) is 1. The Hall–Kier alpha value is -2.39. The van der Waals surface area contributed by atoms with E-state index in [1.807, 2.05) is 0 Å². The van der Waals surface area contributed by atoms with Gasteiger partial charge in [-0.3, -0.25) is 0 Å². The van der Waals surface area contributed by atoms with Gasteiger partial charge in [0.05, 0.1) is 11.4 Å². The van der Waals surface area contributed by atoms with Crippen molar-refractivity contribution in [3.8, 4) is 5.69 Å². The lowest BCUT2D eigenvalue weighted by Crippen LogP contribution is -2.14. The van der Waals surface area contributed by atoms with Crippen molar-refractivity contribution in [2.45, 2.75) is 52.1 Å². The Bertz CT molecular complexity index is 860. The van der Waals surface area contributed by atoms with Crippen molar-refractivity contribution in [2.24, 2.45) is 0 Å². The average Bonchev–Trinajstić information content (AvgIpc) is 3.26. The monoisotopic (exact) mass is 345 g/mol. The predicted molar refractivity (Wildman–Crippen MR) is 107 cm³/mol. The minimum atomic E-state index is 0.585. The summed E-state index contributed by atoms with van der Waals surface area (Å²) < 4.78 is 2.15. The molecule has 0 unspecified atom stereocenters. The zero-order chi connectivity index (χ0) is 17.9. The summed E-state index contributed by atoms with van der Waals surface area (Å²) in [7, 11) is 0. The Morgan fingerprint density at radius 1 is 0.962 bits per heavy atom. The molecule has 2 aromatic carbocycles. The van der Waals surface area contributed by atoms with Gasteiger partial charge in [0.25, 0.3) is 0 Å². The van der Waals surface area contributed by atoms with Crippen molar-refractivity contribution in [3.05, 3.63) is 82.7 Å². The molecule has 26 heavy (non-hydrogen) atoms. The van der Waals surface area contributed by atoms with Gasteiger partial charge in [0.2, 0.25) is 0 Å². The predicted octanol–water partition coefficient (Wildman–Crippen LogP) is 4.77. The van der Waals surface area contributed by atoms with Gasteiger partial charge < -0.3 is 5.32 Å². The van der Waals surface area contributed by atoms with Gasteiger partial charge in [0.1, 0.15) is 0 Å². The first-order chi connectivity index (χ1) is 12.7. The van der Waals surface area contributed by atoms with E-state index in [0.717, 1.165) is 25.9 Å². The Labute approximate surface area is 156 Å². The van der Waals surface area contributed by atoms with Crippen LogP contribution in [0.5, 0.6) is 0 Å². The van der Waals surface area contributed by atoms with Crippen LogP contribution in [-0.2, 0) is 25.9 Å². The molecule has 0 spiro atoms. The number of aromatic nitrogens is 2. The SMILES string of the molecule is CC(C)c1ccc(CNCc2nn(-c3ccccc3)c3c2CCC3)cc1. The van der Waals surface area contributed by atoms with Gasteiger partial charge in [-0.1, -0.05) is 56.3 Å². The Morgan fingerprint density at radius 2 is 1.73 bits per heavy atom. The Morgan fingerprint density at radius 3 is 2.46 bits per heavy atom. The first-order valence-corrected chi connectivity index (χ1v) is 9.67. The minimum Gasteiger partial charge on any atom is -0.307 e. The molecule has 0 amide bonds. The first kappa shape index (κ1) is 17.0. The summed E-state index contributed by atoms with van der Waals surface area (Å²) in [6.45, 7) is 6.17. The smallest absolute Gasteiger partial charge is 0.0801 e. The highest BCUT2D eigenvalue weighted by atomic mass is 15.3. The van der Waals surface area contributed by atoms with Crippen LogP contribution >= 0.6 is 0 Å². The first-order valence-electron chi connectivity index (χ1n) is 9.67. The number of nitrogens with one attached hydrogen (secondary N) is 1. The fourth-order valence-corrected chi connectivity index (χ4v) is 3.78. The summed E-state index contributed by atoms with van der Waals surface area (Å²) in [5.74, 6) is 0.585. The number of rotatable bonds is 6. The average molecular weight is 345 g/mol. The van der Waals surface area contributed by atoms with E-state index in [1.54, 1.807) is 0 Å². The van der Waals surface area contributed by atoms with E-state index >= 15 is 0 Å². The van der Waals surface area contributed by atoms with Crippen LogP contribution in [0.2, 0.25) is 0 Å². The molecule has 3 aromatic rings. The molecule has 3 nitrogen and oxygen atoms in total. The van der Waals surface area contributed by atoms with E-state index in [-0.39, 0.29) is 0 Å². The Kier molecular flexibility index (Phi) is 4.89. The minimum absolute atomic E-state index is 0.585. The second kappa shape index (κ2) is 7.46. The van der Waals surface area contributed by atoms with Crippen LogP contribution in [-0.4, -0.2) is 9.78 Å². The van der Waals surface area contributed by atoms with Gasteiger partial charge in [-0.25, -0.2) is 4.68 Å². The zero-order valence-corrected chi connectivity index (χ0v) is 15.7. The normalized spacial score (nSPS) is 13.3. The lowest BCUT2D eigenvalue weighted by Gasteiger charge is -2.08. The number of benzene rings is 2. The van der Waals surface area contributed by atoms with Crippen molar-refractivity contribution in [1.82, 2.24) is 15.1 Å². The standard InChI is InChI=1S/C23H27N3/c1-17(2)19-13-11-18(12-14-19)15-24-16-22-21-9-6-10-23(21)26(25-22)20-7-4-3-5-8-20/h3-5,7-8,11-14,17,24H,6,9-10,15-16H2,1-2H3. The molecule has 1 aromatic heterocycles. The topological polar surface area (TPSA) is 29.9 Å². The quantitative estimate of drug-likeness (QED) is 0.697. The maximum absolute atomic E-state index is 4.92. The van der Waals surface area contributed by atoms with Crippen molar-refractivity contribution >= 4 is 0 Å². The van der Waals surface area contributed by atoms with E-state index in [0.29, 0.717) is 5.92 Å². The van der Waals surface area contributed by atoms with Crippen LogP contribution in [0.3, 0.4) is 0 Å². The van der Waals surface area contributed by atoms with Gasteiger partial charge >= 0.3 is 0 Å². The summed E-state index contributed by atoms with van der Waals surface area (Å²) in [6, 6.07) is 19.4. The second-order valence-electron chi connectivity index (χ2n) is 7.47. The molecule has 0 fully saturated rings. The third-order valence-electron chi connectivity index (χ3n) is 5.28. The van der Waals surface area contributed by atoms with Crippen molar-refractivity contribution in [2.75, 3.05) is 0 Å². The van der Waals surface area contributed by atoms with Crippen LogP contribution < -0.4 is 5.32 Å². The Balaban J connectivity index is 1.46. The molecule has 0 aliphatic heterocycles. The van der Waals surface area contributed by atoms with E-state index in [2.05, 4.69) is 78.4 Å². The highest BCUT2D eigenvalue weighted by Gasteiger charge is 2.22. The maximum atomic E-state index is 4.92. The number of fused-ring (bicyclic) bond motifs is 1. The molecule has 4 rings (SSSR count). The fraction of sp³-hybridized carbons (Fsp3) is 0.348. The van der Waals surface area contributed by atoms with Gasteiger partial charge in [0, 0.05) is 18.8 Å². The summed E-state index contributed by atoms with van der Waals surface area (Å²) in [4.78, 5) is 0. The van der Waals surface area contributed by atoms with Crippen LogP contribution in [0.25, 0.3) is 5.69 Å². The fourth-order valence-electron chi connectivity index (χ4n) is 3.78.